The van der Waals surface area contributed by atoms with Crippen molar-refractivity contribution in [3.63, 3.8) is 0 Å². The third-order valence-corrected chi connectivity index (χ3v) is 8.99. The average Bonchev–Trinajstić information content (AvgIpc) is 3.30. The maximum absolute atomic E-state index is 6.35. The van der Waals surface area contributed by atoms with Crippen molar-refractivity contribution in [1.29, 1.82) is 0 Å². The number of anilines is 3. The Balaban J connectivity index is 1.49. The highest BCUT2D eigenvalue weighted by Gasteiger charge is 2.39. The van der Waals surface area contributed by atoms with Crippen molar-refractivity contribution in [2.45, 2.75) is 38.5 Å². The van der Waals surface area contributed by atoms with Crippen LogP contribution in [-0.4, -0.2) is 0 Å². The molecular weight excluding hydrogens is 482 g/mol. The van der Waals surface area contributed by atoms with Gasteiger partial charge >= 0.3 is 0 Å². The van der Waals surface area contributed by atoms with Crippen molar-refractivity contribution in [3.05, 3.63) is 136 Å². The third-order valence-electron chi connectivity index (χ3n) is 8.74. The first-order chi connectivity index (χ1) is 18.3. The fourth-order valence-electron chi connectivity index (χ4n) is 6.77. The first kappa shape index (κ1) is 23.3. The Hall–Kier alpha value is -3.81. The molecule has 2 aliphatic carbocycles. The van der Waals surface area contributed by atoms with Crippen LogP contribution in [0.25, 0.3) is 22.3 Å². The maximum Gasteiger partial charge on any atom is 0.0543 e. The summed E-state index contributed by atoms with van der Waals surface area (Å²) in [5.74, 6) is 0. The molecule has 1 nitrogen and oxygen atoms in total. The van der Waals surface area contributed by atoms with Crippen LogP contribution in [0.2, 0.25) is 5.02 Å². The van der Waals surface area contributed by atoms with Gasteiger partial charge in [-0.15, -0.1) is 0 Å². The normalized spacial score (nSPS) is 15.4. The van der Waals surface area contributed by atoms with Crippen LogP contribution in [0, 0.1) is 0 Å². The van der Waals surface area contributed by atoms with Crippen LogP contribution in [0.1, 0.15) is 49.9 Å². The number of rotatable bonds is 3. The lowest BCUT2D eigenvalue weighted by Crippen LogP contribution is -2.17. The summed E-state index contributed by atoms with van der Waals surface area (Å²) in [6, 6.07) is 39.6. The van der Waals surface area contributed by atoms with Gasteiger partial charge in [-0.25, -0.2) is 0 Å². The summed E-state index contributed by atoms with van der Waals surface area (Å²) in [6.07, 6.45) is 0. The zero-order valence-corrected chi connectivity index (χ0v) is 23.0. The summed E-state index contributed by atoms with van der Waals surface area (Å²) in [6.45, 7) is 9.35. The van der Waals surface area contributed by atoms with E-state index in [9.17, 15) is 0 Å². The lowest BCUT2D eigenvalue weighted by molar-refractivity contribution is 0.660. The molecule has 0 saturated heterocycles. The Labute approximate surface area is 230 Å². The van der Waals surface area contributed by atoms with Gasteiger partial charge in [0.25, 0.3) is 0 Å². The van der Waals surface area contributed by atoms with Crippen LogP contribution in [0.5, 0.6) is 0 Å². The molecule has 0 aromatic heterocycles. The molecule has 0 aliphatic heterocycles. The zero-order valence-electron chi connectivity index (χ0n) is 22.2. The van der Waals surface area contributed by atoms with Crippen molar-refractivity contribution in [3.8, 4) is 22.3 Å². The van der Waals surface area contributed by atoms with Gasteiger partial charge in [0, 0.05) is 32.8 Å². The molecule has 0 spiro atoms. The highest BCUT2D eigenvalue weighted by Crippen LogP contribution is 2.55. The van der Waals surface area contributed by atoms with Gasteiger partial charge in [-0.3, -0.25) is 0 Å². The van der Waals surface area contributed by atoms with Crippen LogP contribution < -0.4 is 4.90 Å². The Morgan fingerprint density at radius 3 is 1.79 bits per heavy atom. The molecule has 2 heteroatoms. The quantitative estimate of drug-likeness (QED) is 0.233. The molecule has 2 aliphatic rings. The minimum atomic E-state index is -0.0686. The molecule has 38 heavy (non-hydrogen) atoms. The molecule has 5 aromatic rings. The standard InChI is InChI=1S/C36H30ClN/c1-35(2)30-13-8-6-11-28(30)34-31(35)14-9-15-33(34)38(24-18-16-23(37)17-19-24)25-20-21-27-26-10-5-7-12-29(26)36(3,4)32(27)22-25/h5-22H,1-4H3. The largest absolute Gasteiger partial charge is 0.310 e. The minimum Gasteiger partial charge on any atom is -0.310 e. The second-order valence-corrected chi connectivity index (χ2v) is 12.0. The van der Waals surface area contributed by atoms with E-state index >= 15 is 0 Å². The monoisotopic (exact) mass is 511 g/mol. The molecule has 0 amide bonds. The maximum atomic E-state index is 6.35. The molecule has 186 valence electrons. The smallest absolute Gasteiger partial charge is 0.0543 e. The summed E-state index contributed by atoms with van der Waals surface area (Å²) in [5, 5.41) is 0.740. The number of hydrogen-bond donors (Lipinski definition) is 0. The van der Waals surface area contributed by atoms with Crippen LogP contribution in [0.4, 0.5) is 17.1 Å². The SMILES string of the molecule is CC1(C)c2ccccc2-c2ccc(N(c3ccc(Cl)cc3)c3cccc4c3-c3ccccc3C4(C)C)cc21. The second kappa shape index (κ2) is 8.09. The van der Waals surface area contributed by atoms with E-state index < -0.39 is 0 Å². The number of halogens is 1. The Kier molecular flexibility index (Phi) is 4.97. The van der Waals surface area contributed by atoms with E-state index in [2.05, 4.69) is 130 Å². The van der Waals surface area contributed by atoms with E-state index in [0.29, 0.717) is 0 Å². The molecule has 0 N–H and O–H groups in total. The molecule has 7 rings (SSSR count). The lowest BCUT2D eigenvalue weighted by Gasteiger charge is -2.30. The van der Waals surface area contributed by atoms with Crippen molar-refractivity contribution in [1.82, 2.24) is 0 Å². The van der Waals surface area contributed by atoms with Crippen molar-refractivity contribution in [2.75, 3.05) is 4.90 Å². The summed E-state index contributed by atoms with van der Waals surface area (Å²) in [5.41, 5.74) is 14.1. The molecule has 0 bridgehead atoms. The van der Waals surface area contributed by atoms with E-state index in [1.807, 2.05) is 12.1 Å². The summed E-state index contributed by atoms with van der Waals surface area (Å²) < 4.78 is 0. The number of hydrogen-bond acceptors (Lipinski definition) is 1. The highest BCUT2D eigenvalue weighted by atomic mass is 35.5. The first-order valence-corrected chi connectivity index (χ1v) is 13.7. The second-order valence-electron chi connectivity index (χ2n) is 11.6. The van der Waals surface area contributed by atoms with Gasteiger partial charge in [0.05, 0.1) is 5.69 Å². The highest BCUT2D eigenvalue weighted by molar-refractivity contribution is 6.30. The van der Waals surface area contributed by atoms with E-state index in [4.69, 9.17) is 11.6 Å². The Bertz CT molecular complexity index is 1730. The first-order valence-electron chi connectivity index (χ1n) is 13.3. The number of benzene rings is 5. The van der Waals surface area contributed by atoms with E-state index in [0.717, 1.165) is 16.4 Å². The van der Waals surface area contributed by atoms with E-state index in [1.54, 1.807) is 0 Å². The number of nitrogens with zero attached hydrogens (tertiary/aromatic N) is 1. The van der Waals surface area contributed by atoms with Crippen molar-refractivity contribution < 1.29 is 0 Å². The lowest BCUT2D eigenvalue weighted by atomic mass is 9.82. The topological polar surface area (TPSA) is 3.24 Å². The van der Waals surface area contributed by atoms with Crippen LogP contribution >= 0.6 is 11.6 Å². The van der Waals surface area contributed by atoms with Crippen molar-refractivity contribution >= 4 is 28.7 Å². The Morgan fingerprint density at radius 2 is 1.05 bits per heavy atom. The summed E-state index contributed by atoms with van der Waals surface area (Å²) in [4.78, 5) is 2.41. The van der Waals surface area contributed by atoms with Gasteiger partial charge in [-0.2, -0.15) is 0 Å². The summed E-state index contributed by atoms with van der Waals surface area (Å²) >= 11 is 6.35. The third kappa shape index (κ3) is 3.18. The minimum absolute atomic E-state index is 0.0603. The molecule has 0 radical (unpaired) electrons. The van der Waals surface area contributed by atoms with Gasteiger partial charge in [-0.1, -0.05) is 106 Å². The zero-order chi connectivity index (χ0) is 26.2. The average molecular weight is 512 g/mol. The van der Waals surface area contributed by atoms with Crippen LogP contribution in [0.3, 0.4) is 0 Å². The van der Waals surface area contributed by atoms with Crippen LogP contribution in [0.15, 0.2) is 109 Å². The molecule has 0 fully saturated rings. The molecule has 0 saturated carbocycles. The summed E-state index contributed by atoms with van der Waals surface area (Å²) in [7, 11) is 0. The van der Waals surface area contributed by atoms with E-state index in [-0.39, 0.29) is 10.8 Å². The van der Waals surface area contributed by atoms with Gasteiger partial charge in [0.1, 0.15) is 0 Å². The predicted molar refractivity (Wildman–Crippen MR) is 161 cm³/mol. The molecule has 0 atom stereocenters. The fraction of sp³-hybridized carbons (Fsp3) is 0.167. The molecule has 5 aromatic carbocycles. The van der Waals surface area contributed by atoms with Crippen LogP contribution in [-0.2, 0) is 10.8 Å². The van der Waals surface area contributed by atoms with E-state index in [1.165, 1.54) is 50.2 Å². The van der Waals surface area contributed by atoms with Gasteiger partial charge in [-0.05, 0) is 81.4 Å². The van der Waals surface area contributed by atoms with Gasteiger partial charge < -0.3 is 4.90 Å². The molecule has 0 unspecified atom stereocenters. The van der Waals surface area contributed by atoms with Gasteiger partial charge in [0.15, 0.2) is 0 Å². The Morgan fingerprint density at radius 1 is 0.500 bits per heavy atom. The van der Waals surface area contributed by atoms with Crippen molar-refractivity contribution in [2.24, 2.45) is 0 Å². The van der Waals surface area contributed by atoms with Gasteiger partial charge in [0.2, 0.25) is 0 Å². The predicted octanol–water partition coefficient (Wildman–Crippen LogP) is 10.4. The number of fused-ring (bicyclic) bond motifs is 6. The molecular formula is C36H30ClN. The molecule has 0 heterocycles. The fourth-order valence-corrected chi connectivity index (χ4v) is 6.90.